The molecule has 1 amide bonds. The minimum absolute atomic E-state index is 0.133. The van der Waals surface area contributed by atoms with Crippen molar-refractivity contribution in [2.45, 2.75) is 6.42 Å². The van der Waals surface area contributed by atoms with Gasteiger partial charge in [-0.25, -0.2) is 4.79 Å². The van der Waals surface area contributed by atoms with Gasteiger partial charge >= 0.3 is 5.97 Å². The van der Waals surface area contributed by atoms with E-state index in [4.69, 9.17) is 14.6 Å². The summed E-state index contributed by atoms with van der Waals surface area (Å²) < 4.78 is 10.4. The first-order valence-electron chi connectivity index (χ1n) is 6.87. The highest BCUT2D eigenvalue weighted by atomic mass is 16.5. The maximum Gasteiger partial charge on any atom is 0.335 e. The van der Waals surface area contributed by atoms with Crippen LogP contribution >= 0.6 is 0 Å². The van der Waals surface area contributed by atoms with Crippen LogP contribution in [0.25, 0.3) is 0 Å². The Labute approximate surface area is 133 Å². The molecule has 0 atom stereocenters. The number of aromatic carboxylic acids is 1. The van der Waals surface area contributed by atoms with Crippen LogP contribution < -0.4 is 14.8 Å². The summed E-state index contributed by atoms with van der Waals surface area (Å²) in [7, 11) is 3.09. The second kappa shape index (κ2) is 7.31. The Morgan fingerprint density at radius 3 is 2.30 bits per heavy atom. The number of nitrogens with one attached hydrogen (secondary N) is 1. The van der Waals surface area contributed by atoms with Crippen LogP contribution in [-0.4, -0.2) is 31.2 Å². The Hall–Kier alpha value is -3.02. The van der Waals surface area contributed by atoms with Crippen LogP contribution in [0.15, 0.2) is 42.5 Å². The zero-order valence-electron chi connectivity index (χ0n) is 12.8. The molecule has 2 N–H and O–H groups in total. The molecule has 0 radical (unpaired) electrons. The fourth-order valence-electron chi connectivity index (χ4n) is 2.07. The Morgan fingerprint density at radius 2 is 1.74 bits per heavy atom. The number of ether oxygens (including phenoxy) is 2. The Morgan fingerprint density at radius 1 is 1.04 bits per heavy atom. The van der Waals surface area contributed by atoms with E-state index in [0.717, 1.165) is 5.56 Å². The topological polar surface area (TPSA) is 84.9 Å². The minimum Gasteiger partial charge on any atom is -0.497 e. The number of anilines is 1. The van der Waals surface area contributed by atoms with Gasteiger partial charge in [-0.1, -0.05) is 6.07 Å². The zero-order chi connectivity index (χ0) is 16.8. The number of carbonyl (C=O) groups excluding carboxylic acids is 1. The molecule has 0 saturated heterocycles. The number of hydrogen-bond acceptors (Lipinski definition) is 4. The lowest BCUT2D eigenvalue weighted by atomic mass is 10.1. The third kappa shape index (κ3) is 4.23. The largest absolute Gasteiger partial charge is 0.497 e. The molecule has 0 fully saturated rings. The van der Waals surface area contributed by atoms with Gasteiger partial charge < -0.3 is 19.9 Å². The fraction of sp³-hybridized carbons (Fsp3) is 0.176. The maximum atomic E-state index is 12.1. The first-order valence-corrected chi connectivity index (χ1v) is 6.87. The second-order valence-corrected chi connectivity index (χ2v) is 4.79. The lowest BCUT2D eigenvalue weighted by Crippen LogP contribution is -2.15. The molecule has 0 bridgehead atoms. The maximum absolute atomic E-state index is 12.1. The van der Waals surface area contributed by atoms with Gasteiger partial charge in [0.1, 0.15) is 11.5 Å². The fourth-order valence-corrected chi connectivity index (χ4v) is 2.07. The van der Waals surface area contributed by atoms with Crippen molar-refractivity contribution in [1.82, 2.24) is 0 Å². The van der Waals surface area contributed by atoms with Gasteiger partial charge in [0.05, 0.1) is 26.2 Å². The highest BCUT2D eigenvalue weighted by molar-refractivity contribution is 5.93. The highest BCUT2D eigenvalue weighted by Gasteiger charge is 2.11. The predicted molar refractivity (Wildman–Crippen MR) is 85.3 cm³/mol. The van der Waals surface area contributed by atoms with Crippen molar-refractivity contribution in [3.05, 3.63) is 53.6 Å². The lowest BCUT2D eigenvalue weighted by Gasteiger charge is -2.11. The number of rotatable bonds is 6. The lowest BCUT2D eigenvalue weighted by molar-refractivity contribution is -0.115. The van der Waals surface area contributed by atoms with E-state index in [1.165, 1.54) is 19.2 Å². The molecule has 6 nitrogen and oxygen atoms in total. The Balaban J connectivity index is 2.06. The normalized spacial score (nSPS) is 10.0. The van der Waals surface area contributed by atoms with E-state index in [-0.39, 0.29) is 17.9 Å². The summed E-state index contributed by atoms with van der Waals surface area (Å²) in [5, 5.41) is 11.6. The average Bonchev–Trinajstić information content (AvgIpc) is 2.55. The first-order chi connectivity index (χ1) is 11.0. The van der Waals surface area contributed by atoms with Crippen LogP contribution in [0.2, 0.25) is 0 Å². The third-order valence-electron chi connectivity index (χ3n) is 3.26. The van der Waals surface area contributed by atoms with Gasteiger partial charge in [-0.15, -0.1) is 0 Å². The van der Waals surface area contributed by atoms with Gasteiger partial charge in [0, 0.05) is 17.3 Å². The monoisotopic (exact) mass is 315 g/mol. The van der Waals surface area contributed by atoms with Gasteiger partial charge in [0.2, 0.25) is 5.91 Å². The number of amides is 1. The molecular formula is C17H17NO5. The van der Waals surface area contributed by atoms with Crippen LogP contribution in [-0.2, 0) is 11.2 Å². The van der Waals surface area contributed by atoms with E-state index < -0.39 is 5.97 Å². The van der Waals surface area contributed by atoms with E-state index >= 15 is 0 Å². The second-order valence-electron chi connectivity index (χ2n) is 4.79. The average molecular weight is 315 g/mol. The summed E-state index contributed by atoms with van der Waals surface area (Å²) in [6.45, 7) is 0. The molecule has 0 aliphatic heterocycles. The smallest absolute Gasteiger partial charge is 0.335 e. The number of hydrogen-bond donors (Lipinski definition) is 2. The number of methoxy groups -OCH3 is 2. The first kappa shape index (κ1) is 16.4. The van der Waals surface area contributed by atoms with E-state index in [1.54, 1.807) is 37.4 Å². The van der Waals surface area contributed by atoms with Crippen molar-refractivity contribution >= 4 is 17.6 Å². The molecule has 0 heterocycles. The van der Waals surface area contributed by atoms with Gasteiger partial charge in [-0.2, -0.15) is 0 Å². The molecule has 2 rings (SSSR count). The number of carboxylic acids is 1. The van der Waals surface area contributed by atoms with E-state index in [9.17, 15) is 9.59 Å². The SMILES string of the molecule is COc1ccc(CC(=O)Nc2ccc(C(=O)O)cc2)c(OC)c1. The van der Waals surface area contributed by atoms with Crippen molar-refractivity contribution in [2.24, 2.45) is 0 Å². The van der Waals surface area contributed by atoms with Crippen LogP contribution in [0.3, 0.4) is 0 Å². The Kier molecular flexibility index (Phi) is 5.19. The van der Waals surface area contributed by atoms with Gasteiger partial charge in [0.15, 0.2) is 0 Å². The zero-order valence-corrected chi connectivity index (χ0v) is 12.8. The third-order valence-corrected chi connectivity index (χ3v) is 3.26. The summed E-state index contributed by atoms with van der Waals surface area (Å²) in [6.07, 6.45) is 0.133. The van der Waals surface area contributed by atoms with Crippen LogP contribution in [0, 0.1) is 0 Å². The molecule has 0 spiro atoms. The van der Waals surface area contributed by atoms with Crippen LogP contribution in [0.4, 0.5) is 5.69 Å². The highest BCUT2D eigenvalue weighted by Crippen LogP contribution is 2.25. The Bertz CT molecular complexity index is 709. The molecule has 2 aromatic carbocycles. The molecule has 0 aromatic heterocycles. The molecule has 23 heavy (non-hydrogen) atoms. The summed E-state index contributed by atoms with van der Waals surface area (Å²) in [4.78, 5) is 22.9. The van der Waals surface area contributed by atoms with E-state index in [1.807, 2.05) is 0 Å². The van der Waals surface area contributed by atoms with Crippen molar-refractivity contribution in [3.8, 4) is 11.5 Å². The molecule has 0 aliphatic rings. The summed E-state index contributed by atoms with van der Waals surface area (Å²) in [5.41, 5.74) is 1.43. The molecule has 2 aromatic rings. The molecule has 0 aliphatic carbocycles. The van der Waals surface area contributed by atoms with Gasteiger partial charge in [0.25, 0.3) is 0 Å². The van der Waals surface area contributed by atoms with Crippen molar-refractivity contribution in [2.75, 3.05) is 19.5 Å². The molecule has 120 valence electrons. The summed E-state index contributed by atoms with van der Waals surface area (Å²) >= 11 is 0. The van der Waals surface area contributed by atoms with Crippen LogP contribution in [0.1, 0.15) is 15.9 Å². The molecule has 6 heteroatoms. The molecule has 0 saturated carbocycles. The van der Waals surface area contributed by atoms with Gasteiger partial charge in [-0.3, -0.25) is 4.79 Å². The van der Waals surface area contributed by atoms with Crippen molar-refractivity contribution in [3.63, 3.8) is 0 Å². The quantitative estimate of drug-likeness (QED) is 0.856. The van der Waals surface area contributed by atoms with E-state index in [0.29, 0.717) is 17.2 Å². The van der Waals surface area contributed by atoms with E-state index in [2.05, 4.69) is 5.32 Å². The standard InChI is InChI=1S/C17H17NO5/c1-22-14-8-5-12(15(10-14)23-2)9-16(19)18-13-6-3-11(4-7-13)17(20)21/h3-8,10H,9H2,1-2H3,(H,18,19)(H,20,21). The molecule has 0 unspecified atom stereocenters. The van der Waals surface area contributed by atoms with Crippen molar-refractivity contribution < 1.29 is 24.2 Å². The predicted octanol–water partition coefficient (Wildman–Crippen LogP) is 2.58. The van der Waals surface area contributed by atoms with Crippen molar-refractivity contribution in [1.29, 1.82) is 0 Å². The number of carbonyl (C=O) groups is 2. The van der Waals surface area contributed by atoms with Gasteiger partial charge in [-0.05, 0) is 30.3 Å². The summed E-state index contributed by atoms with van der Waals surface area (Å²) in [5.74, 6) is -0.0154. The summed E-state index contributed by atoms with van der Waals surface area (Å²) in [6, 6.07) is 11.2. The minimum atomic E-state index is -1.01. The molecular weight excluding hydrogens is 298 g/mol. The number of carboxylic acid groups (broad SMARTS) is 1. The number of benzene rings is 2. The van der Waals surface area contributed by atoms with Crippen LogP contribution in [0.5, 0.6) is 11.5 Å².